The van der Waals surface area contributed by atoms with E-state index in [9.17, 15) is 5.11 Å². The molecule has 1 aromatic heterocycles. The van der Waals surface area contributed by atoms with Gasteiger partial charge >= 0.3 is 0 Å². The topological polar surface area (TPSA) is 45.5 Å². The maximum atomic E-state index is 9.70. The molecule has 0 amide bonds. The molecule has 21 heavy (non-hydrogen) atoms. The van der Waals surface area contributed by atoms with Crippen molar-refractivity contribution < 1.29 is 5.11 Å². The quantitative estimate of drug-likeness (QED) is 0.428. The number of thioether (sulfide) groups is 1. The number of aromatic hydroxyl groups is 1. The molecule has 110 valence electrons. The van der Waals surface area contributed by atoms with Gasteiger partial charge in [0.05, 0.1) is 0 Å². The Morgan fingerprint density at radius 2 is 2.14 bits per heavy atom. The highest BCUT2D eigenvalue weighted by atomic mass is 127. The van der Waals surface area contributed by atoms with Crippen LogP contribution in [0.25, 0.3) is 0 Å². The lowest BCUT2D eigenvalue weighted by atomic mass is 10.2. The second-order valence-electron chi connectivity index (χ2n) is 4.42. The van der Waals surface area contributed by atoms with E-state index in [1.807, 2.05) is 42.2 Å². The number of nitrogens with zero attached hydrogens (tertiary/aromatic N) is 2. The highest BCUT2D eigenvalue weighted by Crippen LogP contribution is 2.17. The van der Waals surface area contributed by atoms with Gasteiger partial charge in [0, 0.05) is 39.5 Å². The molecule has 2 aromatic rings. The number of benzene rings is 1. The molecule has 0 fully saturated rings. The Labute approximate surface area is 143 Å². The maximum absolute atomic E-state index is 9.70. The molecule has 0 atom stereocenters. The molecule has 0 radical (unpaired) electrons. The average Bonchev–Trinajstić information content (AvgIpc) is 2.50. The highest BCUT2D eigenvalue weighted by molar-refractivity contribution is 14.1. The smallest absolute Gasteiger partial charge is 0.124 e. The van der Waals surface area contributed by atoms with Gasteiger partial charge in [-0.1, -0.05) is 6.07 Å². The Bertz CT molecular complexity index is 590. The first-order valence-corrected chi connectivity index (χ1v) is 8.95. The molecular formula is C16H17IN2OS. The molecule has 0 bridgehead atoms. The lowest BCUT2D eigenvalue weighted by molar-refractivity contribution is 0.474. The molecule has 0 aliphatic carbocycles. The monoisotopic (exact) mass is 412 g/mol. The fourth-order valence-corrected chi connectivity index (χ4v) is 3.04. The van der Waals surface area contributed by atoms with Crippen molar-refractivity contribution in [3.63, 3.8) is 0 Å². The third kappa shape index (κ3) is 6.05. The Morgan fingerprint density at radius 3 is 2.95 bits per heavy atom. The number of aryl methyl sites for hydroxylation is 1. The number of halogens is 1. The number of phenolic OH excluding ortho intramolecular Hbond substituents is 1. The van der Waals surface area contributed by atoms with Crippen molar-refractivity contribution in [2.24, 2.45) is 4.99 Å². The second-order valence-corrected chi connectivity index (χ2v) is 6.89. The Balaban J connectivity index is 1.65. The van der Waals surface area contributed by atoms with Gasteiger partial charge in [0.1, 0.15) is 5.75 Å². The summed E-state index contributed by atoms with van der Waals surface area (Å²) >= 11 is 4.10. The van der Waals surface area contributed by atoms with Crippen molar-refractivity contribution in [3.05, 3.63) is 57.4 Å². The van der Waals surface area contributed by atoms with Gasteiger partial charge in [0.15, 0.2) is 0 Å². The summed E-state index contributed by atoms with van der Waals surface area (Å²) < 4.78 is 1.09. The van der Waals surface area contributed by atoms with E-state index in [-0.39, 0.29) is 5.75 Å². The zero-order valence-corrected chi connectivity index (χ0v) is 14.5. The summed E-state index contributed by atoms with van der Waals surface area (Å²) in [5.41, 5.74) is 1.91. The molecule has 0 saturated carbocycles. The molecular weight excluding hydrogens is 395 g/mol. The number of aliphatic imine (C=N–C) groups is 1. The van der Waals surface area contributed by atoms with Crippen LogP contribution in [0.5, 0.6) is 5.75 Å². The molecule has 3 nitrogen and oxygen atoms in total. The standard InChI is InChI=1S/C16H17IN2OS/c17-14-4-5-16(20)13(11-14)12-18-8-10-21-9-6-15-3-1-2-7-19-15/h1-5,7,11-12,20H,6,8-10H2. The molecule has 0 saturated heterocycles. The van der Waals surface area contributed by atoms with E-state index in [1.165, 1.54) is 0 Å². The van der Waals surface area contributed by atoms with Crippen LogP contribution < -0.4 is 0 Å². The summed E-state index contributed by atoms with van der Waals surface area (Å²) in [6.45, 7) is 0.762. The van der Waals surface area contributed by atoms with Gasteiger partial charge in [-0.3, -0.25) is 9.98 Å². The largest absolute Gasteiger partial charge is 0.507 e. The van der Waals surface area contributed by atoms with Crippen LogP contribution in [0.4, 0.5) is 0 Å². The Morgan fingerprint density at radius 1 is 1.24 bits per heavy atom. The van der Waals surface area contributed by atoms with Gasteiger partial charge in [-0.15, -0.1) is 0 Å². The molecule has 0 aliphatic rings. The van der Waals surface area contributed by atoms with E-state index in [2.05, 4.69) is 38.6 Å². The van der Waals surface area contributed by atoms with Crippen molar-refractivity contribution in [2.45, 2.75) is 6.42 Å². The van der Waals surface area contributed by atoms with Crippen LogP contribution in [0.15, 0.2) is 47.6 Å². The zero-order chi connectivity index (χ0) is 14.9. The number of phenols is 1. The Kier molecular flexibility index (Phi) is 7.02. The first kappa shape index (κ1) is 16.3. The van der Waals surface area contributed by atoms with Crippen LogP contribution in [-0.4, -0.2) is 34.4 Å². The number of pyridine rings is 1. The van der Waals surface area contributed by atoms with Gasteiger partial charge in [0.25, 0.3) is 0 Å². The zero-order valence-electron chi connectivity index (χ0n) is 11.6. The van der Waals surface area contributed by atoms with Gasteiger partial charge in [0.2, 0.25) is 0 Å². The molecule has 2 rings (SSSR count). The molecule has 1 aromatic carbocycles. The molecule has 1 heterocycles. The average molecular weight is 412 g/mol. The summed E-state index contributed by atoms with van der Waals surface area (Å²) in [5, 5.41) is 9.70. The molecule has 0 unspecified atom stereocenters. The lowest BCUT2D eigenvalue weighted by Crippen LogP contribution is -1.94. The number of rotatable bonds is 7. The number of hydrogen-bond acceptors (Lipinski definition) is 4. The predicted octanol–water partition coefficient (Wildman–Crippen LogP) is 3.79. The summed E-state index contributed by atoms with van der Waals surface area (Å²) in [6.07, 6.45) is 4.57. The van der Waals surface area contributed by atoms with Crippen LogP contribution in [0, 0.1) is 3.57 Å². The number of hydrogen-bond donors (Lipinski definition) is 1. The fraction of sp³-hybridized carbons (Fsp3) is 0.250. The van der Waals surface area contributed by atoms with Crippen LogP contribution in [-0.2, 0) is 6.42 Å². The number of aromatic nitrogens is 1. The molecule has 0 spiro atoms. The van der Waals surface area contributed by atoms with Gasteiger partial charge in [-0.2, -0.15) is 11.8 Å². The predicted molar refractivity (Wildman–Crippen MR) is 98.6 cm³/mol. The van der Waals surface area contributed by atoms with Crippen molar-refractivity contribution in [3.8, 4) is 5.75 Å². The Hall–Kier alpha value is -1.08. The van der Waals surface area contributed by atoms with Crippen LogP contribution in [0.2, 0.25) is 0 Å². The van der Waals surface area contributed by atoms with Crippen molar-refractivity contribution >= 4 is 40.6 Å². The van der Waals surface area contributed by atoms with Crippen LogP contribution in [0.1, 0.15) is 11.3 Å². The van der Waals surface area contributed by atoms with Crippen LogP contribution in [0.3, 0.4) is 0 Å². The van der Waals surface area contributed by atoms with Gasteiger partial charge < -0.3 is 5.11 Å². The normalized spacial score (nSPS) is 11.1. The second kappa shape index (κ2) is 9.04. The molecule has 5 heteroatoms. The molecule has 0 aliphatic heterocycles. The van der Waals surface area contributed by atoms with E-state index < -0.39 is 0 Å². The van der Waals surface area contributed by atoms with Crippen molar-refractivity contribution in [2.75, 3.05) is 18.1 Å². The van der Waals surface area contributed by atoms with Gasteiger partial charge in [-0.05, 0) is 65.1 Å². The maximum Gasteiger partial charge on any atom is 0.124 e. The van der Waals surface area contributed by atoms with E-state index in [1.54, 1.807) is 12.3 Å². The van der Waals surface area contributed by atoms with Gasteiger partial charge in [-0.25, -0.2) is 0 Å². The first-order valence-electron chi connectivity index (χ1n) is 6.72. The summed E-state index contributed by atoms with van der Waals surface area (Å²) in [5.74, 6) is 2.32. The van der Waals surface area contributed by atoms with E-state index in [4.69, 9.17) is 0 Å². The van der Waals surface area contributed by atoms with Crippen molar-refractivity contribution in [1.29, 1.82) is 0 Å². The lowest BCUT2D eigenvalue weighted by Gasteiger charge is -2.01. The third-order valence-corrected chi connectivity index (χ3v) is 4.45. The first-order chi connectivity index (χ1) is 10.3. The summed E-state index contributed by atoms with van der Waals surface area (Å²) in [6, 6.07) is 11.5. The summed E-state index contributed by atoms with van der Waals surface area (Å²) in [7, 11) is 0. The van der Waals surface area contributed by atoms with E-state index >= 15 is 0 Å². The van der Waals surface area contributed by atoms with Crippen LogP contribution >= 0.6 is 34.4 Å². The molecule has 1 N–H and O–H groups in total. The summed E-state index contributed by atoms with van der Waals surface area (Å²) in [4.78, 5) is 8.66. The van der Waals surface area contributed by atoms with Crippen molar-refractivity contribution in [1.82, 2.24) is 4.98 Å². The van der Waals surface area contributed by atoms with E-state index in [0.29, 0.717) is 0 Å². The third-order valence-electron chi connectivity index (χ3n) is 2.81. The minimum atomic E-state index is 0.280. The minimum Gasteiger partial charge on any atom is -0.507 e. The SMILES string of the molecule is Oc1ccc(I)cc1C=NCCSCCc1ccccn1. The minimum absolute atomic E-state index is 0.280. The van der Waals surface area contributed by atoms with E-state index in [0.717, 1.165) is 39.3 Å². The fourth-order valence-electron chi connectivity index (χ4n) is 1.73. The highest BCUT2D eigenvalue weighted by Gasteiger charge is 1.98.